The number of benzene rings is 5. The van der Waals surface area contributed by atoms with Gasteiger partial charge in [-0.25, -0.2) is 0 Å². The monoisotopic (exact) mass is 618 g/mol. The predicted molar refractivity (Wildman–Crippen MR) is 184 cm³/mol. The maximum absolute atomic E-state index is 13.2. The first kappa shape index (κ1) is 32.9. The van der Waals surface area contributed by atoms with Gasteiger partial charge in [0.05, 0.1) is 19.8 Å². The molecule has 5 rings (SSSR count). The Hall–Kier alpha value is -4.52. The fraction of sp³-hybridized carbons (Fsp3) is 0.300. The SMILES string of the molecule is CC(C)COCCOCCCOc1ccc2ccccc2c1-c1c(OC(=O)CCCC(=O)c2ccccc2)ccc2ccccc12. The number of hydrogen-bond donors (Lipinski definition) is 0. The van der Waals surface area contributed by atoms with Crippen LogP contribution < -0.4 is 9.47 Å². The summed E-state index contributed by atoms with van der Waals surface area (Å²) in [6, 6.07) is 33.2. The second-order valence-corrected chi connectivity index (χ2v) is 11.7. The Kier molecular flexibility index (Phi) is 11.9. The van der Waals surface area contributed by atoms with Crippen LogP contribution in [0.25, 0.3) is 32.7 Å². The van der Waals surface area contributed by atoms with Crippen molar-refractivity contribution in [3.05, 3.63) is 109 Å². The van der Waals surface area contributed by atoms with Crippen molar-refractivity contribution in [1.82, 2.24) is 0 Å². The average molecular weight is 619 g/mol. The molecule has 0 unspecified atom stereocenters. The summed E-state index contributed by atoms with van der Waals surface area (Å²) in [5.41, 5.74) is 2.33. The average Bonchev–Trinajstić information content (AvgIpc) is 3.07. The van der Waals surface area contributed by atoms with Crippen molar-refractivity contribution in [1.29, 1.82) is 0 Å². The van der Waals surface area contributed by atoms with Crippen LogP contribution in [0.1, 0.15) is 49.9 Å². The topological polar surface area (TPSA) is 71.1 Å². The molecule has 0 heterocycles. The standard InChI is InChI=1S/C40H42O6/c1-29(2)28-44-27-26-43-24-11-25-45-36-22-20-30-12-6-8-16-33(30)39(36)40-34-17-9-7-13-31(34)21-23-37(40)46-38(42)19-10-18-35(41)32-14-4-3-5-15-32/h3-9,12-17,20-23,29H,10-11,18-19,24-28H2,1-2H3. The lowest BCUT2D eigenvalue weighted by Crippen LogP contribution is -2.11. The lowest BCUT2D eigenvalue weighted by Gasteiger charge is -2.19. The van der Waals surface area contributed by atoms with Crippen molar-refractivity contribution in [2.75, 3.05) is 33.0 Å². The van der Waals surface area contributed by atoms with E-state index < -0.39 is 0 Å². The van der Waals surface area contributed by atoms with Crippen LogP contribution in [-0.2, 0) is 14.3 Å². The third-order valence-corrected chi connectivity index (χ3v) is 7.65. The summed E-state index contributed by atoms with van der Waals surface area (Å²) in [5.74, 6) is 1.31. The number of Topliss-reactive ketones (excluding diaryl/α,β-unsaturated/α-hetero) is 1. The van der Waals surface area contributed by atoms with Crippen LogP contribution in [0.15, 0.2) is 103 Å². The van der Waals surface area contributed by atoms with E-state index in [1.54, 1.807) is 12.1 Å². The lowest BCUT2D eigenvalue weighted by atomic mass is 9.92. The number of carbonyl (C=O) groups is 2. The van der Waals surface area contributed by atoms with E-state index in [2.05, 4.69) is 32.0 Å². The smallest absolute Gasteiger partial charge is 0.311 e. The molecule has 0 saturated heterocycles. The van der Waals surface area contributed by atoms with Crippen LogP contribution in [0.4, 0.5) is 0 Å². The highest BCUT2D eigenvalue weighted by atomic mass is 16.5. The highest BCUT2D eigenvalue weighted by Gasteiger charge is 2.21. The summed E-state index contributed by atoms with van der Waals surface area (Å²) in [6.07, 6.45) is 1.53. The number of carbonyl (C=O) groups excluding carboxylic acids is 2. The van der Waals surface area contributed by atoms with Gasteiger partial charge in [-0.3, -0.25) is 9.59 Å². The summed E-state index contributed by atoms with van der Waals surface area (Å²) >= 11 is 0. The highest BCUT2D eigenvalue weighted by molar-refractivity contribution is 6.10. The first-order valence-electron chi connectivity index (χ1n) is 16.1. The predicted octanol–water partition coefficient (Wildman–Crippen LogP) is 9.08. The third kappa shape index (κ3) is 8.81. The zero-order valence-electron chi connectivity index (χ0n) is 26.7. The molecule has 0 N–H and O–H groups in total. The normalized spacial score (nSPS) is 11.3. The number of hydrogen-bond acceptors (Lipinski definition) is 6. The number of fused-ring (bicyclic) bond motifs is 2. The van der Waals surface area contributed by atoms with E-state index in [4.69, 9.17) is 18.9 Å². The van der Waals surface area contributed by atoms with Crippen LogP contribution >= 0.6 is 0 Å². The minimum absolute atomic E-state index is 0.0159. The maximum Gasteiger partial charge on any atom is 0.311 e. The van der Waals surface area contributed by atoms with Gasteiger partial charge in [0.1, 0.15) is 11.5 Å². The van der Waals surface area contributed by atoms with E-state index in [0.29, 0.717) is 55.8 Å². The molecule has 0 radical (unpaired) electrons. The Morgan fingerprint density at radius 1 is 0.587 bits per heavy atom. The van der Waals surface area contributed by atoms with Crippen LogP contribution in [0, 0.1) is 5.92 Å². The molecule has 238 valence electrons. The van der Waals surface area contributed by atoms with Gasteiger partial charge in [0.15, 0.2) is 5.78 Å². The molecule has 6 heteroatoms. The van der Waals surface area contributed by atoms with Crippen molar-refractivity contribution in [3.8, 4) is 22.6 Å². The van der Waals surface area contributed by atoms with Crippen molar-refractivity contribution in [2.45, 2.75) is 39.5 Å². The molecule has 0 aliphatic rings. The van der Waals surface area contributed by atoms with Crippen molar-refractivity contribution in [2.24, 2.45) is 5.92 Å². The van der Waals surface area contributed by atoms with Gasteiger partial charge in [-0.2, -0.15) is 0 Å². The molecule has 0 aliphatic heterocycles. The molecular formula is C40H42O6. The van der Waals surface area contributed by atoms with Crippen LogP contribution in [0.2, 0.25) is 0 Å². The lowest BCUT2D eigenvalue weighted by molar-refractivity contribution is -0.134. The molecular weight excluding hydrogens is 576 g/mol. The van der Waals surface area contributed by atoms with Gasteiger partial charge in [0, 0.05) is 49.2 Å². The molecule has 5 aromatic carbocycles. The van der Waals surface area contributed by atoms with Gasteiger partial charge < -0.3 is 18.9 Å². The van der Waals surface area contributed by atoms with Gasteiger partial charge in [-0.1, -0.05) is 105 Å². The molecule has 0 atom stereocenters. The van der Waals surface area contributed by atoms with Gasteiger partial charge >= 0.3 is 5.97 Å². The molecule has 6 nitrogen and oxygen atoms in total. The molecule has 0 aliphatic carbocycles. The van der Waals surface area contributed by atoms with E-state index in [-0.39, 0.29) is 24.6 Å². The van der Waals surface area contributed by atoms with Crippen LogP contribution in [-0.4, -0.2) is 44.8 Å². The molecule has 46 heavy (non-hydrogen) atoms. The number of ketones is 1. The molecule has 0 fully saturated rings. The molecule has 0 bridgehead atoms. The molecule has 0 amide bonds. The van der Waals surface area contributed by atoms with Crippen LogP contribution in [0.3, 0.4) is 0 Å². The summed E-state index contributed by atoms with van der Waals surface area (Å²) in [6.45, 7) is 7.16. The van der Waals surface area contributed by atoms with Crippen molar-refractivity contribution < 1.29 is 28.5 Å². The van der Waals surface area contributed by atoms with Gasteiger partial charge in [-0.05, 0) is 46.0 Å². The van der Waals surface area contributed by atoms with Crippen LogP contribution in [0.5, 0.6) is 11.5 Å². The Bertz CT molecular complexity index is 1740. The zero-order chi connectivity index (χ0) is 32.1. The van der Waals surface area contributed by atoms with Gasteiger partial charge in [-0.15, -0.1) is 0 Å². The van der Waals surface area contributed by atoms with E-state index >= 15 is 0 Å². The van der Waals surface area contributed by atoms with E-state index in [0.717, 1.165) is 45.7 Å². The largest absolute Gasteiger partial charge is 0.493 e. The molecule has 0 aromatic heterocycles. The molecule has 5 aromatic rings. The van der Waals surface area contributed by atoms with Gasteiger partial charge in [0.25, 0.3) is 0 Å². The minimum Gasteiger partial charge on any atom is -0.493 e. The Morgan fingerprint density at radius 3 is 1.89 bits per heavy atom. The summed E-state index contributed by atoms with van der Waals surface area (Å²) in [4.78, 5) is 25.7. The summed E-state index contributed by atoms with van der Waals surface area (Å²) in [7, 11) is 0. The number of esters is 1. The first-order chi connectivity index (χ1) is 22.5. The quantitative estimate of drug-likeness (QED) is 0.0448. The number of ether oxygens (including phenoxy) is 4. The zero-order valence-corrected chi connectivity index (χ0v) is 26.7. The Labute approximate surface area is 271 Å². The third-order valence-electron chi connectivity index (χ3n) is 7.65. The van der Waals surface area contributed by atoms with E-state index in [1.807, 2.05) is 72.8 Å². The van der Waals surface area contributed by atoms with E-state index in [9.17, 15) is 9.59 Å². The minimum atomic E-state index is -0.380. The first-order valence-corrected chi connectivity index (χ1v) is 16.1. The summed E-state index contributed by atoms with van der Waals surface area (Å²) in [5, 5.41) is 4.04. The molecule has 0 spiro atoms. The highest BCUT2D eigenvalue weighted by Crippen LogP contribution is 2.45. The van der Waals surface area contributed by atoms with Crippen molar-refractivity contribution in [3.63, 3.8) is 0 Å². The Morgan fingerprint density at radius 2 is 1.20 bits per heavy atom. The summed E-state index contributed by atoms with van der Waals surface area (Å²) < 4.78 is 23.8. The van der Waals surface area contributed by atoms with Gasteiger partial charge in [0.2, 0.25) is 0 Å². The van der Waals surface area contributed by atoms with E-state index in [1.165, 1.54) is 0 Å². The fourth-order valence-corrected chi connectivity index (χ4v) is 5.44. The fourth-order valence-electron chi connectivity index (χ4n) is 5.44. The van der Waals surface area contributed by atoms with Crippen molar-refractivity contribution >= 4 is 33.3 Å². The maximum atomic E-state index is 13.2. The second kappa shape index (κ2) is 16.7. The second-order valence-electron chi connectivity index (χ2n) is 11.7. The Balaban J connectivity index is 1.35. The number of rotatable bonds is 17. The molecule has 0 saturated carbocycles.